The number of phenols is 1. The van der Waals surface area contributed by atoms with Crippen LogP contribution in [0.5, 0.6) is 5.75 Å². The lowest BCUT2D eigenvalue weighted by atomic mass is 10.2. The number of rotatable bonds is 3. The molecule has 0 amide bonds. The van der Waals surface area contributed by atoms with Crippen LogP contribution in [0.3, 0.4) is 0 Å². The second-order valence-electron chi connectivity index (χ2n) is 4.15. The Kier molecular flexibility index (Phi) is 3.44. The van der Waals surface area contributed by atoms with E-state index < -0.39 is 15.7 Å². The van der Waals surface area contributed by atoms with E-state index in [1.54, 1.807) is 12.1 Å². The molecule has 0 saturated carbocycles. The number of nitrogens with two attached hydrogens (primary N) is 1. The Balaban J connectivity index is 2.37. The monoisotopic (exact) mass is 281 g/mol. The Morgan fingerprint density at radius 1 is 1.16 bits per heavy atom. The molecule has 2 rings (SSSR count). The summed E-state index contributed by atoms with van der Waals surface area (Å²) in [5.74, 6) is -1.05. The third-order valence-electron chi connectivity index (χ3n) is 2.52. The van der Waals surface area contributed by atoms with E-state index in [9.17, 15) is 17.9 Å². The van der Waals surface area contributed by atoms with Gasteiger partial charge in [-0.1, -0.05) is 12.1 Å². The van der Waals surface area contributed by atoms with Crippen molar-refractivity contribution in [1.29, 1.82) is 0 Å². The maximum Gasteiger partial charge on any atom is 0.182 e. The largest absolute Gasteiger partial charge is 0.508 e. The average molecular weight is 281 g/mol. The van der Waals surface area contributed by atoms with Crippen molar-refractivity contribution >= 4 is 15.5 Å². The highest BCUT2D eigenvalue weighted by Gasteiger charge is 2.17. The van der Waals surface area contributed by atoms with Crippen LogP contribution in [-0.2, 0) is 15.6 Å². The average Bonchev–Trinajstić information content (AvgIpc) is 2.26. The zero-order valence-electron chi connectivity index (χ0n) is 9.88. The van der Waals surface area contributed by atoms with Crippen LogP contribution in [0.15, 0.2) is 47.4 Å². The van der Waals surface area contributed by atoms with Crippen molar-refractivity contribution in [2.75, 3.05) is 5.73 Å². The van der Waals surface area contributed by atoms with Crippen LogP contribution in [0.1, 0.15) is 5.56 Å². The molecule has 2 aromatic rings. The second kappa shape index (κ2) is 4.89. The molecule has 3 N–H and O–H groups in total. The second-order valence-corrected chi connectivity index (χ2v) is 6.14. The van der Waals surface area contributed by atoms with Crippen molar-refractivity contribution in [3.63, 3.8) is 0 Å². The Labute approximate surface area is 110 Å². The highest BCUT2D eigenvalue weighted by atomic mass is 32.2. The minimum absolute atomic E-state index is 0.0218. The van der Waals surface area contributed by atoms with Crippen LogP contribution >= 0.6 is 0 Å². The van der Waals surface area contributed by atoms with Crippen molar-refractivity contribution in [2.45, 2.75) is 10.6 Å². The fourth-order valence-corrected chi connectivity index (χ4v) is 3.11. The third kappa shape index (κ3) is 3.23. The molecule has 0 spiro atoms. The summed E-state index contributed by atoms with van der Waals surface area (Å²) in [5, 5.41) is 9.29. The van der Waals surface area contributed by atoms with Gasteiger partial charge in [-0.25, -0.2) is 12.8 Å². The molecule has 19 heavy (non-hydrogen) atoms. The molecule has 0 aromatic heterocycles. The summed E-state index contributed by atoms with van der Waals surface area (Å²) in [4.78, 5) is -0.173. The molecule has 0 fully saturated rings. The topological polar surface area (TPSA) is 80.4 Å². The lowest BCUT2D eigenvalue weighted by Crippen LogP contribution is -2.06. The number of hydrogen-bond acceptors (Lipinski definition) is 4. The van der Waals surface area contributed by atoms with Gasteiger partial charge in [0.2, 0.25) is 0 Å². The number of phenolic OH excluding ortho intramolecular Hbond substituents is 1. The van der Waals surface area contributed by atoms with Gasteiger partial charge in [0, 0.05) is 5.69 Å². The number of aromatic hydroxyl groups is 1. The first-order valence-corrected chi connectivity index (χ1v) is 7.09. The summed E-state index contributed by atoms with van der Waals surface area (Å²) in [6.07, 6.45) is 0. The first kappa shape index (κ1) is 13.4. The fraction of sp³-hybridized carbons (Fsp3) is 0.0769. The van der Waals surface area contributed by atoms with Crippen LogP contribution in [0, 0.1) is 5.82 Å². The molecule has 0 aliphatic carbocycles. The summed E-state index contributed by atoms with van der Waals surface area (Å²) < 4.78 is 37.4. The van der Waals surface area contributed by atoms with Crippen LogP contribution in [0.2, 0.25) is 0 Å². The molecule has 0 atom stereocenters. The number of benzene rings is 2. The zero-order chi connectivity index (χ0) is 14.0. The maximum absolute atomic E-state index is 13.2. The van der Waals surface area contributed by atoms with E-state index in [-0.39, 0.29) is 22.1 Å². The van der Waals surface area contributed by atoms with E-state index in [1.807, 2.05) is 0 Å². The summed E-state index contributed by atoms with van der Waals surface area (Å²) in [5.41, 5.74) is 5.90. The van der Waals surface area contributed by atoms with Crippen molar-refractivity contribution in [3.8, 4) is 5.75 Å². The van der Waals surface area contributed by atoms with Gasteiger partial charge >= 0.3 is 0 Å². The first-order valence-electron chi connectivity index (χ1n) is 5.43. The van der Waals surface area contributed by atoms with Gasteiger partial charge in [-0.15, -0.1) is 0 Å². The Bertz CT molecular complexity index is 693. The van der Waals surface area contributed by atoms with Gasteiger partial charge in [-0.3, -0.25) is 0 Å². The quantitative estimate of drug-likeness (QED) is 0.844. The molecule has 6 heteroatoms. The number of hydrogen-bond donors (Lipinski definition) is 2. The van der Waals surface area contributed by atoms with Crippen molar-refractivity contribution in [1.82, 2.24) is 0 Å². The predicted molar refractivity (Wildman–Crippen MR) is 69.8 cm³/mol. The standard InChI is InChI=1S/C13H12FNO3S/c14-10-5-11(15)7-13(6-10)19(17,18)8-9-2-1-3-12(16)4-9/h1-7,16H,8,15H2. The lowest BCUT2D eigenvalue weighted by Gasteiger charge is -2.06. The molecule has 100 valence electrons. The number of halogens is 1. The summed E-state index contributed by atoms with van der Waals surface area (Å²) in [6, 6.07) is 9.08. The van der Waals surface area contributed by atoms with E-state index in [2.05, 4.69) is 0 Å². The molecule has 4 nitrogen and oxygen atoms in total. The van der Waals surface area contributed by atoms with Crippen molar-refractivity contribution in [2.24, 2.45) is 0 Å². The SMILES string of the molecule is Nc1cc(F)cc(S(=O)(=O)Cc2cccc(O)c2)c1. The summed E-state index contributed by atoms with van der Waals surface area (Å²) in [7, 11) is -3.71. The Morgan fingerprint density at radius 2 is 1.89 bits per heavy atom. The van der Waals surface area contributed by atoms with Gasteiger partial charge in [0.15, 0.2) is 9.84 Å². The zero-order valence-corrected chi connectivity index (χ0v) is 10.7. The smallest absolute Gasteiger partial charge is 0.182 e. The number of anilines is 1. The van der Waals surface area contributed by atoms with Gasteiger partial charge in [0.25, 0.3) is 0 Å². The van der Waals surface area contributed by atoms with E-state index >= 15 is 0 Å². The molecular weight excluding hydrogens is 269 g/mol. The summed E-state index contributed by atoms with van der Waals surface area (Å²) >= 11 is 0. The van der Waals surface area contributed by atoms with Gasteiger partial charge in [-0.05, 0) is 35.9 Å². The molecule has 0 bridgehead atoms. The fourth-order valence-electron chi connectivity index (χ4n) is 1.71. The van der Waals surface area contributed by atoms with E-state index in [0.717, 1.165) is 12.1 Å². The Hall–Kier alpha value is -2.08. The molecule has 0 aliphatic heterocycles. The van der Waals surface area contributed by atoms with Crippen molar-refractivity contribution < 1.29 is 17.9 Å². The molecule has 0 saturated heterocycles. The third-order valence-corrected chi connectivity index (χ3v) is 4.19. The van der Waals surface area contributed by atoms with Crippen LogP contribution in [-0.4, -0.2) is 13.5 Å². The van der Waals surface area contributed by atoms with Gasteiger partial charge < -0.3 is 10.8 Å². The molecule has 2 aromatic carbocycles. The number of sulfone groups is 1. The molecular formula is C13H12FNO3S. The predicted octanol–water partition coefficient (Wildman–Crippen LogP) is 2.09. The summed E-state index contributed by atoms with van der Waals surface area (Å²) in [6.45, 7) is 0. The van der Waals surface area contributed by atoms with E-state index in [0.29, 0.717) is 5.56 Å². The Morgan fingerprint density at radius 3 is 2.53 bits per heavy atom. The number of nitrogen functional groups attached to an aromatic ring is 1. The normalized spacial score (nSPS) is 11.4. The van der Waals surface area contributed by atoms with Crippen molar-refractivity contribution in [3.05, 3.63) is 53.8 Å². The minimum Gasteiger partial charge on any atom is -0.508 e. The van der Waals surface area contributed by atoms with Gasteiger partial charge in [-0.2, -0.15) is 0 Å². The lowest BCUT2D eigenvalue weighted by molar-refractivity contribution is 0.475. The first-order chi connectivity index (χ1) is 8.87. The van der Waals surface area contributed by atoms with Crippen LogP contribution in [0.4, 0.5) is 10.1 Å². The molecule has 0 aliphatic rings. The van der Waals surface area contributed by atoms with E-state index in [4.69, 9.17) is 5.73 Å². The van der Waals surface area contributed by atoms with Crippen LogP contribution < -0.4 is 5.73 Å². The molecule has 0 unspecified atom stereocenters. The molecule has 0 radical (unpaired) electrons. The highest BCUT2D eigenvalue weighted by molar-refractivity contribution is 7.90. The molecule has 0 heterocycles. The van der Waals surface area contributed by atoms with Gasteiger partial charge in [0.05, 0.1) is 10.6 Å². The maximum atomic E-state index is 13.2. The van der Waals surface area contributed by atoms with E-state index in [1.165, 1.54) is 18.2 Å². The highest BCUT2D eigenvalue weighted by Crippen LogP contribution is 2.21. The van der Waals surface area contributed by atoms with Gasteiger partial charge in [0.1, 0.15) is 11.6 Å². The minimum atomic E-state index is -3.71. The van der Waals surface area contributed by atoms with Crippen LogP contribution in [0.25, 0.3) is 0 Å².